The van der Waals surface area contributed by atoms with Crippen molar-refractivity contribution in [2.24, 2.45) is 0 Å². The summed E-state index contributed by atoms with van der Waals surface area (Å²) in [6, 6.07) is 2.76. The molecule has 1 aromatic rings. The zero-order valence-corrected chi connectivity index (χ0v) is 7.46. The van der Waals surface area contributed by atoms with Crippen molar-refractivity contribution in [1.82, 2.24) is 4.98 Å². The minimum Gasteiger partial charge on any atom is -0.358 e. The van der Waals surface area contributed by atoms with Crippen LogP contribution in [0.25, 0.3) is 0 Å². The Bertz CT molecular complexity index is 284. The number of pyridine rings is 1. The molecule has 0 saturated heterocycles. The molecule has 1 rings (SSSR count). The van der Waals surface area contributed by atoms with Crippen molar-refractivity contribution in [3.63, 3.8) is 0 Å². The van der Waals surface area contributed by atoms with Crippen LogP contribution in [0.4, 0.5) is 5.82 Å². The summed E-state index contributed by atoms with van der Waals surface area (Å²) in [5, 5.41) is 10.3. The van der Waals surface area contributed by atoms with Crippen molar-refractivity contribution in [3.8, 4) is 0 Å². The molecule has 0 radical (unpaired) electrons. The number of rotatable bonds is 1. The predicted molar refractivity (Wildman–Crippen MR) is 43.6 cm³/mol. The van der Waals surface area contributed by atoms with Gasteiger partial charge in [0.25, 0.3) is 0 Å². The molecule has 0 bridgehead atoms. The third-order valence-corrected chi connectivity index (χ3v) is 1.58. The summed E-state index contributed by atoms with van der Waals surface area (Å²) in [6.07, 6.45) is 0. The van der Waals surface area contributed by atoms with Crippen molar-refractivity contribution in [1.29, 1.82) is 0 Å². The van der Waals surface area contributed by atoms with Gasteiger partial charge < -0.3 is 10.1 Å². The molecule has 11 heavy (non-hydrogen) atoms. The van der Waals surface area contributed by atoms with E-state index in [4.69, 9.17) is 11.6 Å². The van der Waals surface area contributed by atoms with Crippen LogP contribution in [0.2, 0.25) is 5.15 Å². The van der Waals surface area contributed by atoms with Gasteiger partial charge in [0.15, 0.2) is 0 Å². The lowest BCUT2D eigenvalue weighted by Gasteiger charge is -1.91. The lowest BCUT2D eigenvalue weighted by Crippen LogP contribution is -1.91. The third-order valence-electron chi connectivity index (χ3n) is 0.932. The Morgan fingerprint density at radius 3 is 2.73 bits per heavy atom. The van der Waals surface area contributed by atoms with E-state index in [2.05, 4.69) is 20.9 Å². The largest absolute Gasteiger partial charge is 0.366 e. The van der Waals surface area contributed by atoms with Gasteiger partial charge in [-0.15, -0.1) is 0 Å². The van der Waals surface area contributed by atoms with Crippen molar-refractivity contribution >= 4 is 33.3 Å². The molecule has 1 heterocycles. The molecule has 0 amide bonds. The summed E-state index contributed by atoms with van der Waals surface area (Å²) >= 11 is 8.50. The van der Waals surface area contributed by atoms with E-state index in [9.17, 15) is 10.1 Å². The van der Waals surface area contributed by atoms with Gasteiger partial charge in [-0.05, 0) is 21.5 Å². The molecule has 0 aliphatic heterocycles. The zero-order chi connectivity index (χ0) is 8.43. The summed E-state index contributed by atoms with van der Waals surface area (Å²) in [7, 11) is 0. The summed E-state index contributed by atoms with van der Waals surface area (Å²) in [5.41, 5.74) is 0. The third kappa shape index (κ3) is 2.13. The number of nitrogens with zero attached hydrogens (tertiary/aromatic N) is 2. The second-order valence-corrected chi connectivity index (χ2v) is 3.03. The minimum absolute atomic E-state index is 0.103. The van der Waals surface area contributed by atoms with E-state index >= 15 is 0 Å². The molecule has 0 fully saturated rings. The van der Waals surface area contributed by atoms with Crippen LogP contribution in [0.3, 0.4) is 0 Å². The normalized spacial score (nSPS) is 9.64. The Morgan fingerprint density at radius 2 is 2.27 bits per heavy atom. The summed E-state index contributed by atoms with van der Waals surface area (Å²) < 4.78 is 0.546. The SMILES string of the molecule is O=[N+]([O-])c1cc(Br)cc(Cl)n1. The van der Waals surface area contributed by atoms with Gasteiger partial charge in [0.1, 0.15) is 0 Å². The fraction of sp³-hybridized carbons (Fsp3) is 0. The van der Waals surface area contributed by atoms with Crippen LogP contribution in [0.5, 0.6) is 0 Å². The van der Waals surface area contributed by atoms with Gasteiger partial charge in [0.05, 0.1) is 6.07 Å². The number of nitro groups is 1. The Balaban J connectivity index is 3.19. The van der Waals surface area contributed by atoms with Crippen molar-refractivity contribution in [3.05, 3.63) is 31.9 Å². The van der Waals surface area contributed by atoms with E-state index < -0.39 is 4.92 Å². The number of hydrogen-bond donors (Lipinski definition) is 0. The molecule has 1 aromatic heterocycles. The molecule has 0 aromatic carbocycles. The van der Waals surface area contributed by atoms with Gasteiger partial charge in [0.2, 0.25) is 5.15 Å². The maximum Gasteiger partial charge on any atom is 0.366 e. The Hall–Kier alpha value is -0.680. The van der Waals surface area contributed by atoms with Crippen molar-refractivity contribution in [2.75, 3.05) is 0 Å². The van der Waals surface area contributed by atoms with Gasteiger partial charge >= 0.3 is 5.82 Å². The lowest BCUT2D eigenvalue weighted by atomic mass is 10.5. The topological polar surface area (TPSA) is 56.0 Å². The Labute approximate surface area is 75.5 Å². The Morgan fingerprint density at radius 1 is 1.64 bits per heavy atom. The average Bonchev–Trinajstić information content (AvgIpc) is 1.85. The van der Waals surface area contributed by atoms with Crippen LogP contribution in [0.1, 0.15) is 0 Å². The van der Waals surface area contributed by atoms with E-state index in [0.29, 0.717) is 4.47 Å². The number of hydrogen-bond acceptors (Lipinski definition) is 3. The van der Waals surface area contributed by atoms with E-state index in [1.54, 1.807) is 0 Å². The number of halogens is 2. The van der Waals surface area contributed by atoms with E-state index in [1.165, 1.54) is 12.1 Å². The molecule has 6 heteroatoms. The number of aromatic nitrogens is 1. The first-order valence-electron chi connectivity index (χ1n) is 2.57. The van der Waals surface area contributed by atoms with Crippen LogP contribution in [-0.2, 0) is 0 Å². The minimum atomic E-state index is -0.601. The fourth-order valence-corrected chi connectivity index (χ4v) is 1.30. The maximum absolute atomic E-state index is 10.2. The standard InChI is InChI=1S/C5H2BrClN2O2/c6-3-1-4(7)8-5(2-3)9(10)11/h1-2H. The van der Waals surface area contributed by atoms with Crippen molar-refractivity contribution in [2.45, 2.75) is 0 Å². The first-order valence-corrected chi connectivity index (χ1v) is 3.74. The quantitative estimate of drug-likeness (QED) is 0.428. The fourth-order valence-electron chi connectivity index (χ4n) is 0.546. The van der Waals surface area contributed by atoms with Crippen LogP contribution < -0.4 is 0 Å². The van der Waals surface area contributed by atoms with E-state index in [1.807, 2.05) is 0 Å². The molecule has 0 N–H and O–H groups in total. The zero-order valence-electron chi connectivity index (χ0n) is 5.12. The van der Waals surface area contributed by atoms with Crippen LogP contribution in [-0.4, -0.2) is 9.91 Å². The highest BCUT2D eigenvalue weighted by Crippen LogP contribution is 2.19. The van der Waals surface area contributed by atoms with Crippen LogP contribution >= 0.6 is 27.5 Å². The van der Waals surface area contributed by atoms with Gasteiger partial charge in [-0.2, -0.15) is 0 Å². The highest BCUT2D eigenvalue weighted by Gasteiger charge is 2.09. The predicted octanol–water partition coefficient (Wildman–Crippen LogP) is 2.41. The first kappa shape index (κ1) is 8.42. The lowest BCUT2D eigenvalue weighted by molar-refractivity contribution is -0.389. The maximum atomic E-state index is 10.2. The molecular formula is C5H2BrClN2O2. The first-order chi connectivity index (χ1) is 5.09. The van der Waals surface area contributed by atoms with Crippen LogP contribution in [0.15, 0.2) is 16.6 Å². The highest BCUT2D eigenvalue weighted by atomic mass is 79.9. The van der Waals surface area contributed by atoms with Gasteiger partial charge in [-0.3, -0.25) is 0 Å². The summed E-state index contributed by atoms with van der Waals surface area (Å²) in [4.78, 5) is 13.0. The summed E-state index contributed by atoms with van der Waals surface area (Å²) in [5.74, 6) is -0.260. The molecule has 58 valence electrons. The van der Waals surface area contributed by atoms with Gasteiger partial charge in [-0.25, -0.2) is 0 Å². The molecule has 0 saturated carbocycles. The van der Waals surface area contributed by atoms with E-state index in [0.717, 1.165) is 0 Å². The molecule has 0 aliphatic carbocycles. The Kier molecular flexibility index (Phi) is 2.41. The van der Waals surface area contributed by atoms with Crippen LogP contribution in [0, 0.1) is 10.1 Å². The van der Waals surface area contributed by atoms with E-state index in [-0.39, 0.29) is 11.0 Å². The molecule has 4 nitrogen and oxygen atoms in total. The molecule has 0 atom stereocenters. The van der Waals surface area contributed by atoms with Crippen molar-refractivity contribution < 1.29 is 4.92 Å². The average molecular weight is 237 g/mol. The molecule has 0 spiro atoms. The summed E-state index contributed by atoms with van der Waals surface area (Å²) in [6.45, 7) is 0. The molecule has 0 aliphatic rings. The van der Waals surface area contributed by atoms with Gasteiger partial charge in [-0.1, -0.05) is 15.9 Å². The monoisotopic (exact) mass is 236 g/mol. The smallest absolute Gasteiger partial charge is 0.358 e. The highest BCUT2D eigenvalue weighted by molar-refractivity contribution is 9.10. The second-order valence-electron chi connectivity index (χ2n) is 1.72. The van der Waals surface area contributed by atoms with Gasteiger partial charge in [0, 0.05) is 10.5 Å². The second kappa shape index (κ2) is 3.15. The molecular weight excluding hydrogens is 235 g/mol. The molecule has 0 unspecified atom stereocenters.